The summed E-state index contributed by atoms with van der Waals surface area (Å²) < 4.78 is 0. The molecule has 4 bridgehead atoms. The minimum Gasteiger partial charge on any atom is -0.299 e. The van der Waals surface area contributed by atoms with Gasteiger partial charge in [0, 0.05) is 12.3 Å². The van der Waals surface area contributed by atoms with Crippen molar-refractivity contribution in [2.24, 2.45) is 35.0 Å². The molecule has 0 heterocycles. The molecule has 5 rings (SSSR count). The van der Waals surface area contributed by atoms with Crippen LogP contribution in [0.3, 0.4) is 0 Å². The summed E-state index contributed by atoms with van der Waals surface area (Å²) in [5.74, 6) is 4.84. The van der Waals surface area contributed by atoms with Crippen molar-refractivity contribution in [1.82, 2.24) is 0 Å². The van der Waals surface area contributed by atoms with Crippen molar-refractivity contribution in [2.45, 2.75) is 64.7 Å². The zero-order chi connectivity index (χ0) is 12.3. The smallest absolute Gasteiger partial charge is 0.136 e. The van der Waals surface area contributed by atoms with Crippen LogP contribution in [0.4, 0.5) is 0 Å². The Balaban J connectivity index is 1.64. The average molecular weight is 246 g/mol. The van der Waals surface area contributed by atoms with Crippen molar-refractivity contribution in [1.29, 1.82) is 0 Å². The van der Waals surface area contributed by atoms with E-state index in [1.165, 1.54) is 44.9 Å². The summed E-state index contributed by atoms with van der Waals surface area (Å²) in [7, 11) is 0. The highest BCUT2D eigenvalue weighted by Gasteiger charge is 2.56. The zero-order valence-corrected chi connectivity index (χ0v) is 11.7. The van der Waals surface area contributed by atoms with Crippen LogP contribution in [-0.2, 0) is 4.79 Å². The summed E-state index contributed by atoms with van der Waals surface area (Å²) in [6, 6.07) is 0. The van der Waals surface area contributed by atoms with Crippen LogP contribution in [0.5, 0.6) is 0 Å². The molecule has 0 spiro atoms. The first-order valence-electron chi connectivity index (χ1n) is 8.17. The Bertz CT molecular complexity index is 335. The van der Waals surface area contributed by atoms with Crippen LogP contribution in [0, 0.1) is 35.0 Å². The van der Waals surface area contributed by atoms with Gasteiger partial charge in [-0.15, -0.1) is 0 Å². The quantitative estimate of drug-likeness (QED) is 0.677. The minimum atomic E-state index is 0.453. The Labute approximate surface area is 111 Å². The molecule has 0 saturated heterocycles. The number of Topliss-reactive ketones (excluding diaryl/α,β-unsaturated/α-hetero) is 1. The highest BCUT2D eigenvalue weighted by atomic mass is 16.1. The minimum absolute atomic E-state index is 0.453. The molecule has 2 atom stereocenters. The lowest BCUT2D eigenvalue weighted by Crippen LogP contribution is -2.52. The molecule has 18 heavy (non-hydrogen) atoms. The fourth-order valence-corrected chi connectivity index (χ4v) is 6.41. The second kappa shape index (κ2) is 3.84. The third-order valence-electron chi connectivity index (χ3n) is 6.74. The van der Waals surface area contributed by atoms with Gasteiger partial charge in [-0.05, 0) is 80.5 Å². The first kappa shape index (κ1) is 11.5. The number of hydrogen-bond acceptors (Lipinski definition) is 1. The lowest BCUT2D eigenvalue weighted by Gasteiger charge is -2.60. The first-order valence-corrected chi connectivity index (χ1v) is 8.17. The van der Waals surface area contributed by atoms with E-state index in [1.807, 2.05) is 0 Å². The Morgan fingerprint density at radius 2 is 1.50 bits per heavy atom. The highest BCUT2D eigenvalue weighted by molar-refractivity contribution is 5.82. The lowest BCUT2D eigenvalue weighted by atomic mass is 9.45. The Morgan fingerprint density at radius 3 is 2.06 bits per heavy atom. The average Bonchev–Trinajstić information content (AvgIpc) is 2.30. The van der Waals surface area contributed by atoms with E-state index in [9.17, 15) is 4.79 Å². The number of ketones is 1. The maximum atomic E-state index is 12.5. The van der Waals surface area contributed by atoms with Crippen LogP contribution < -0.4 is 0 Å². The predicted octanol–water partition coefficient (Wildman–Crippen LogP) is 4.21. The van der Waals surface area contributed by atoms with Gasteiger partial charge in [-0.3, -0.25) is 4.79 Å². The lowest BCUT2D eigenvalue weighted by molar-refractivity contribution is -0.144. The van der Waals surface area contributed by atoms with E-state index in [-0.39, 0.29) is 0 Å². The molecule has 0 aromatic carbocycles. The van der Waals surface area contributed by atoms with Crippen molar-refractivity contribution in [3.8, 4) is 0 Å². The molecule has 0 radical (unpaired) electrons. The second-order valence-electron chi connectivity index (χ2n) is 8.18. The van der Waals surface area contributed by atoms with Crippen molar-refractivity contribution >= 4 is 5.78 Å². The van der Waals surface area contributed by atoms with Gasteiger partial charge in [-0.25, -0.2) is 0 Å². The van der Waals surface area contributed by atoms with Gasteiger partial charge in [0.15, 0.2) is 0 Å². The summed E-state index contributed by atoms with van der Waals surface area (Å²) in [5.41, 5.74) is 0.473. The molecule has 0 aromatic rings. The van der Waals surface area contributed by atoms with E-state index in [0.29, 0.717) is 17.1 Å². The van der Waals surface area contributed by atoms with Gasteiger partial charge in [0.1, 0.15) is 5.78 Å². The van der Waals surface area contributed by atoms with Crippen LogP contribution >= 0.6 is 0 Å². The standard InChI is InChI=1S/C17H26O/c1-11-2-3-16(18)15(4-11)17-8-12-5-13(9-17)7-14(6-12)10-17/h11-15H,2-10H2,1H3/t11-,12?,13?,14?,15-,17?/m0/s1. The van der Waals surface area contributed by atoms with Crippen molar-refractivity contribution in [2.75, 3.05) is 0 Å². The second-order valence-corrected chi connectivity index (χ2v) is 8.18. The normalized spacial score (nSPS) is 54.9. The van der Waals surface area contributed by atoms with Crippen molar-refractivity contribution in [3.63, 3.8) is 0 Å². The van der Waals surface area contributed by atoms with E-state index >= 15 is 0 Å². The zero-order valence-electron chi connectivity index (χ0n) is 11.7. The molecule has 100 valence electrons. The van der Waals surface area contributed by atoms with Crippen molar-refractivity contribution < 1.29 is 4.79 Å². The molecule has 0 aliphatic heterocycles. The molecule has 5 aliphatic carbocycles. The fourth-order valence-electron chi connectivity index (χ4n) is 6.41. The van der Waals surface area contributed by atoms with Gasteiger partial charge in [0.2, 0.25) is 0 Å². The first-order chi connectivity index (χ1) is 8.64. The van der Waals surface area contributed by atoms with Crippen LogP contribution in [0.15, 0.2) is 0 Å². The molecule has 5 aliphatic rings. The summed E-state index contributed by atoms with van der Waals surface area (Å²) in [4.78, 5) is 12.5. The summed E-state index contributed by atoms with van der Waals surface area (Å²) in [6.07, 6.45) is 12.0. The Morgan fingerprint density at radius 1 is 0.944 bits per heavy atom. The van der Waals surface area contributed by atoms with E-state index in [0.717, 1.165) is 36.5 Å². The van der Waals surface area contributed by atoms with E-state index < -0.39 is 0 Å². The largest absolute Gasteiger partial charge is 0.299 e. The number of rotatable bonds is 1. The van der Waals surface area contributed by atoms with Gasteiger partial charge in [-0.2, -0.15) is 0 Å². The highest BCUT2D eigenvalue weighted by Crippen LogP contribution is 2.64. The summed E-state index contributed by atoms with van der Waals surface area (Å²) in [5, 5.41) is 0. The number of carbonyl (C=O) groups excluding carboxylic acids is 1. The van der Waals surface area contributed by atoms with Gasteiger partial charge < -0.3 is 0 Å². The Kier molecular flexibility index (Phi) is 2.45. The van der Waals surface area contributed by atoms with Gasteiger partial charge in [0.05, 0.1) is 0 Å². The molecule has 0 N–H and O–H groups in total. The predicted molar refractivity (Wildman–Crippen MR) is 72.1 cm³/mol. The third kappa shape index (κ3) is 1.62. The monoisotopic (exact) mass is 246 g/mol. The maximum absolute atomic E-state index is 12.5. The molecule has 1 heteroatoms. The summed E-state index contributed by atoms with van der Waals surface area (Å²) in [6.45, 7) is 2.36. The molecule has 5 saturated carbocycles. The maximum Gasteiger partial charge on any atom is 0.136 e. The topological polar surface area (TPSA) is 17.1 Å². The Hall–Kier alpha value is -0.330. The van der Waals surface area contributed by atoms with Crippen LogP contribution in [-0.4, -0.2) is 5.78 Å². The molecule has 0 aromatic heterocycles. The molecular weight excluding hydrogens is 220 g/mol. The SMILES string of the molecule is C[C@H]1CCC(=O)[C@@H](C23CC4CC(CC(C4)C2)C3)C1. The third-order valence-corrected chi connectivity index (χ3v) is 6.74. The summed E-state index contributed by atoms with van der Waals surface area (Å²) >= 11 is 0. The van der Waals surface area contributed by atoms with Crippen LogP contribution in [0.1, 0.15) is 64.7 Å². The van der Waals surface area contributed by atoms with Crippen LogP contribution in [0.2, 0.25) is 0 Å². The number of hydrogen-bond donors (Lipinski definition) is 0. The molecular formula is C17H26O. The fraction of sp³-hybridized carbons (Fsp3) is 0.941. The van der Waals surface area contributed by atoms with Crippen LogP contribution in [0.25, 0.3) is 0 Å². The molecule has 5 fully saturated rings. The van der Waals surface area contributed by atoms with E-state index in [4.69, 9.17) is 0 Å². The van der Waals surface area contributed by atoms with Gasteiger partial charge >= 0.3 is 0 Å². The van der Waals surface area contributed by atoms with Gasteiger partial charge in [-0.1, -0.05) is 6.92 Å². The van der Waals surface area contributed by atoms with E-state index in [2.05, 4.69) is 6.92 Å². The molecule has 0 unspecified atom stereocenters. The van der Waals surface area contributed by atoms with Gasteiger partial charge in [0.25, 0.3) is 0 Å². The van der Waals surface area contributed by atoms with Crippen molar-refractivity contribution in [3.05, 3.63) is 0 Å². The molecule has 1 nitrogen and oxygen atoms in total. The number of carbonyl (C=O) groups is 1. The molecule has 0 amide bonds. The van der Waals surface area contributed by atoms with E-state index in [1.54, 1.807) is 0 Å².